The highest BCUT2D eigenvalue weighted by atomic mass is 16.5. The fourth-order valence-corrected chi connectivity index (χ4v) is 1.94. The van der Waals surface area contributed by atoms with Crippen LogP contribution in [0.15, 0.2) is 0 Å². The standard InChI is InChI=1S/C11H23NO2/c1-3-10-8-12(6-5-7-13)9-11(4-2)14-10/h10-11,13H,3-9H2,1-2H3/t10-,11+. The van der Waals surface area contributed by atoms with Gasteiger partial charge in [0.25, 0.3) is 0 Å². The molecule has 0 aliphatic carbocycles. The third-order valence-corrected chi connectivity index (χ3v) is 2.85. The molecule has 0 amide bonds. The van der Waals surface area contributed by atoms with E-state index in [2.05, 4.69) is 18.7 Å². The topological polar surface area (TPSA) is 32.7 Å². The Morgan fingerprint density at radius 1 is 1.21 bits per heavy atom. The van der Waals surface area contributed by atoms with Gasteiger partial charge in [0.05, 0.1) is 12.2 Å². The third kappa shape index (κ3) is 3.56. The van der Waals surface area contributed by atoms with Crippen molar-refractivity contribution >= 4 is 0 Å². The van der Waals surface area contributed by atoms with Crippen LogP contribution in [0, 0.1) is 0 Å². The number of morpholine rings is 1. The SMILES string of the molecule is CC[C@@H]1CN(CCCO)C[C@H](CC)O1. The van der Waals surface area contributed by atoms with Crippen LogP contribution in [0.25, 0.3) is 0 Å². The van der Waals surface area contributed by atoms with Crippen molar-refractivity contribution in [1.29, 1.82) is 0 Å². The minimum atomic E-state index is 0.297. The Balaban J connectivity index is 2.35. The van der Waals surface area contributed by atoms with Crippen LogP contribution >= 0.6 is 0 Å². The summed E-state index contributed by atoms with van der Waals surface area (Å²) in [6.07, 6.45) is 3.85. The van der Waals surface area contributed by atoms with E-state index in [1.165, 1.54) is 0 Å². The normalized spacial score (nSPS) is 29.4. The van der Waals surface area contributed by atoms with E-state index in [4.69, 9.17) is 9.84 Å². The zero-order valence-corrected chi connectivity index (χ0v) is 9.41. The molecule has 0 radical (unpaired) electrons. The lowest BCUT2D eigenvalue weighted by atomic mass is 10.1. The van der Waals surface area contributed by atoms with Crippen molar-refractivity contribution in [2.24, 2.45) is 0 Å². The fraction of sp³-hybridized carbons (Fsp3) is 1.00. The summed E-state index contributed by atoms with van der Waals surface area (Å²) in [7, 11) is 0. The van der Waals surface area contributed by atoms with Crippen LogP contribution in [-0.4, -0.2) is 48.5 Å². The molecule has 1 N–H and O–H groups in total. The van der Waals surface area contributed by atoms with Crippen molar-refractivity contribution in [2.75, 3.05) is 26.2 Å². The van der Waals surface area contributed by atoms with Gasteiger partial charge in [-0.2, -0.15) is 0 Å². The number of rotatable bonds is 5. The Hall–Kier alpha value is -0.120. The minimum Gasteiger partial charge on any atom is -0.396 e. The smallest absolute Gasteiger partial charge is 0.0703 e. The van der Waals surface area contributed by atoms with Crippen molar-refractivity contribution in [3.05, 3.63) is 0 Å². The first-order chi connectivity index (χ1) is 6.80. The lowest BCUT2D eigenvalue weighted by Gasteiger charge is -2.37. The molecule has 0 bridgehead atoms. The van der Waals surface area contributed by atoms with Gasteiger partial charge in [0.1, 0.15) is 0 Å². The largest absolute Gasteiger partial charge is 0.396 e. The Bertz CT molecular complexity index is 140. The van der Waals surface area contributed by atoms with Crippen molar-refractivity contribution in [2.45, 2.75) is 45.3 Å². The van der Waals surface area contributed by atoms with E-state index in [1.807, 2.05) is 0 Å². The number of aliphatic hydroxyl groups is 1. The molecule has 0 aromatic carbocycles. The van der Waals surface area contributed by atoms with Crippen LogP contribution < -0.4 is 0 Å². The summed E-state index contributed by atoms with van der Waals surface area (Å²) < 4.78 is 5.89. The molecule has 0 aromatic heterocycles. The molecule has 1 saturated heterocycles. The number of hydrogen-bond acceptors (Lipinski definition) is 3. The van der Waals surface area contributed by atoms with Gasteiger partial charge in [0.15, 0.2) is 0 Å². The van der Waals surface area contributed by atoms with Crippen molar-refractivity contribution in [3.8, 4) is 0 Å². The van der Waals surface area contributed by atoms with Gasteiger partial charge >= 0.3 is 0 Å². The first-order valence-electron chi connectivity index (χ1n) is 5.78. The predicted octanol–water partition coefficient (Wildman–Crippen LogP) is 1.26. The number of nitrogens with zero attached hydrogens (tertiary/aromatic N) is 1. The molecule has 3 heteroatoms. The molecule has 1 aliphatic heterocycles. The van der Waals surface area contributed by atoms with E-state index in [0.29, 0.717) is 18.8 Å². The molecule has 1 fully saturated rings. The van der Waals surface area contributed by atoms with Gasteiger partial charge in [-0.3, -0.25) is 4.90 Å². The summed E-state index contributed by atoms with van der Waals surface area (Å²) in [6.45, 7) is 7.72. The quantitative estimate of drug-likeness (QED) is 0.727. The Labute approximate surface area is 87.1 Å². The van der Waals surface area contributed by atoms with Crippen molar-refractivity contribution in [1.82, 2.24) is 4.90 Å². The van der Waals surface area contributed by atoms with Crippen LogP contribution in [0.1, 0.15) is 33.1 Å². The first-order valence-corrected chi connectivity index (χ1v) is 5.78. The van der Waals surface area contributed by atoms with E-state index < -0.39 is 0 Å². The number of hydrogen-bond donors (Lipinski definition) is 1. The molecule has 84 valence electrons. The summed E-state index contributed by atoms with van der Waals surface area (Å²) in [4.78, 5) is 2.42. The second-order valence-corrected chi connectivity index (χ2v) is 4.03. The molecule has 0 unspecified atom stereocenters. The maximum absolute atomic E-state index is 8.79. The van der Waals surface area contributed by atoms with Crippen LogP contribution in [0.5, 0.6) is 0 Å². The van der Waals surface area contributed by atoms with E-state index in [1.54, 1.807) is 0 Å². The summed E-state index contributed by atoms with van der Waals surface area (Å²) in [5.41, 5.74) is 0. The van der Waals surface area contributed by atoms with Crippen molar-refractivity contribution < 1.29 is 9.84 Å². The average Bonchev–Trinajstić information content (AvgIpc) is 2.25. The van der Waals surface area contributed by atoms with Crippen LogP contribution in [-0.2, 0) is 4.74 Å². The van der Waals surface area contributed by atoms with Crippen LogP contribution in [0.3, 0.4) is 0 Å². The van der Waals surface area contributed by atoms with E-state index in [-0.39, 0.29) is 0 Å². The van der Waals surface area contributed by atoms with E-state index in [9.17, 15) is 0 Å². The fourth-order valence-electron chi connectivity index (χ4n) is 1.94. The summed E-state index contributed by atoms with van der Waals surface area (Å²) in [5, 5.41) is 8.79. The van der Waals surface area contributed by atoms with Gasteiger partial charge in [0, 0.05) is 26.2 Å². The minimum absolute atomic E-state index is 0.297. The number of aliphatic hydroxyl groups excluding tert-OH is 1. The maximum atomic E-state index is 8.79. The molecular weight excluding hydrogens is 178 g/mol. The van der Waals surface area contributed by atoms with E-state index >= 15 is 0 Å². The molecule has 0 saturated carbocycles. The highest BCUT2D eigenvalue weighted by Crippen LogP contribution is 2.15. The Kier molecular flexibility index (Phi) is 5.45. The highest BCUT2D eigenvalue weighted by Gasteiger charge is 2.24. The van der Waals surface area contributed by atoms with E-state index in [0.717, 1.165) is 38.9 Å². The van der Waals surface area contributed by atoms with Crippen LogP contribution in [0.2, 0.25) is 0 Å². The van der Waals surface area contributed by atoms with Gasteiger partial charge in [-0.1, -0.05) is 13.8 Å². The Morgan fingerprint density at radius 2 is 1.79 bits per heavy atom. The number of ether oxygens (including phenoxy) is 1. The molecule has 1 rings (SSSR count). The molecule has 0 spiro atoms. The second kappa shape index (κ2) is 6.38. The highest BCUT2D eigenvalue weighted by molar-refractivity contribution is 4.76. The van der Waals surface area contributed by atoms with Gasteiger partial charge in [-0.25, -0.2) is 0 Å². The lowest BCUT2D eigenvalue weighted by Crippen LogP contribution is -2.47. The summed E-state index contributed by atoms with van der Waals surface area (Å²) in [5.74, 6) is 0. The van der Waals surface area contributed by atoms with Gasteiger partial charge < -0.3 is 9.84 Å². The first kappa shape index (κ1) is 12.0. The monoisotopic (exact) mass is 201 g/mol. The molecule has 14 heavy (non-hydrogen) atoms. The van der Waals surface area contributed by atoms with Gasteiger partial charge in [-0.15, -0.1) is 0 Å². The molecular formula is C11H23NO2. The molecule has 3 nitrogen and oxygen atoms in total. The molecule has 1 heterocycles. The van der Waals surface area contributed by atoms with Crippen molar-refractivity contribution in [3.63, 3.8) is 0 Å². The molecule has 1 aliphatic rings. The van der Waals surface area contributed by atoms with Gasteiger partial charge in [-0.05, 0) is 19.3 Å². The Morgan fingerprint density at radius 3 is 2.21 bits per heavy atom. The zero-order valence-electron chi connectivity index (χ0n) is 9.41. The maximum Gasteiger partial charge on any atom is 0.0703 e. The summed E-state index contributed by atoms with van der Waals surface area (Å²) in [6, 6.07) is 0. The zero-order chi connectivity index (χ0) is 10.4. The van der Waals surface area contributed by atoms with Crippen LogP contribution in [0.4, 0.5) is 0 Å². The third-order valence-electron chi connectivity index (χ3n) is 2.85. The summed E-state index contributed by atoms with van der Waals surface area (Å²) >= 11 is 0. The molecule has 2 atom stereocenters. The lowest BCUT2D eigenvalue weighted by molar-refractivity contribution is -0.0876. The van der Waals surface area contributed by atoms with Gasteiger partial charge in [0.2, 0.25) is 0 Å². The molecule has 0 aromatic rings. The second-order valence-electron chi connectivity index (χ2n) is 4.03. The predicted molar refractivity (Wildman–Crippen MR) is 57.4 cm³/mol. The average molecular weight is 201 g/mol.